The number of carbonyl (C=O) groups is 1. The van der Waals surface area contributed by atoms with Crippen LogP contribution in [-0.4, -0.2) is 23.8 Å². The number of hydrogen-bond donors (Lipinski definition) is 0. The fourth-order valence-corrected chi connectivity index (χ4v) is 1.02. The van der Waals surface area contributed by atoms with E-state index in [1.807, 2.05) is 0 Å². The SMILES string of the molecule is CC1(F)CC(F)(F)C(C)(F)OC(=O)O1. The molecule has 1 aliphatic heterocycles. The molecule has 0 aromatic carbocycles. The third-order valence-corrected chi connectivity index (χ3v) is 1.76. The lowest BCUT2D eigenvalue weighted by Crippen LogP contribution is -2.45. The van der Waals surface area contributed by atoms with Crippen molar-refractivity contribution >= 4 is 6.16 Å². The highest BCUT2D eigenvalue weighted by molar-refractivity contribution is 5.61. The van der Waals surface area contributed by atoms with Crippen molar-refractivity contribution in [3.8, 4) is 0 Å². The van der Waals surface area contributed by atoms with Crippen molar-refractivity contribution in [2.75, 3.05) is 0 Å². The molecule has 14 heavy (non-hydrogen) atoms. The summed E-state index contributed by atoms with van der Waals surface area (Å²) in [5, 5.41) is 0. The summed E-state index contributed by atoms with van der Waals surface area (Å²) in [4.78, 5) is 10.5. The zero-order valence-corrected chi connectivity index (χ0v) is 7.44. The molecule has 1 saturated heterocycles. The van der Waals surface area contributed by atoms with Gasteiger partial charge in [-0.25, -0.2) is 4.79 Å². The molecule has 0 spiro atoms. The van der Waals surface area contributed by atoms with Gasteiger partial charge in [0.25, 0.3) is 5.85 Å². The van der Waals surface area contributed by atoms with Crippen molar-refractivity contribution in [3.05, 3.63) is 0 Å². The van der Waals surface area contributed by atoms with Gasteiger partial charge in [-0.05, 0) is 0 Å². The predicted octanol–water partition coefficient (Wildman–Crippen LogP) is 2.55. The molecule has 1 heterocycles. The molecule has 1 rings (SSSR count). The fourth-order valence-electron chi connectivity index (χ4n) is 1.02. The van der Waals surface area contributed by atoms with E-state index in [4.69, 9.17) is 0 Å². The molecule has 1 fully saturated rings. The van der Waals surface area contributed by atoms with Crippen molar-refractivity contribution in [1.29, 1.82) is 0 Å². The normalized spacial score (nSPS) is 42.3. The van der Waals surface area contributed by atoms with E-state index < -0.39 is 30.2 Å². The number of halogens is 4. The summed E-state index contributed by atoms with van der Waals surface area (Å²) in [6, 6.07) is 0. The maximum Gasteiger partial charge on any atom is 0.513 e. The van der Waals surface area contributed by atoms with Crippen LogP contribution in [0.15, 0.2) is 0 Å². The van der Waals surface area contributed by atoms with Gasteiger partial charge in [-0.15, -0.1) is 0 Å². The molecule has 0 saturated carbocycles. The predicted molar refractivity (Wildman–Crippen MR) is 36.2 cm³/mol. The Labute approximate surface area is 77.0 Å². The second-order valence-electron chi connectivity index (χ2n) is 3.35. The molecule has 0 amide bonds. The maximum atomic E-state index is 13.1. The molecule has 0 bridgehead atoms. The monoisotopic (exact) mass is 216 g/mol. The summed E-state index contributed by atoms with van der Waals surface area (Å²) in [6.07, 6.45) is -3.38. The first-order valence-electron chi connectivity index (χ1n) is 3.73. The molecule has 0 aromatic heterocycles. The second kappa shape index (κ2) is 2.74. The highest BCUT2D eigenvalue weighted by Gasteiger charge is 2.61. The molecule has 2 atom stereocenters. The molecule has 82 valence electrons. The zero-order valence-electron chi connectivity index (χ0n) is 7.44. The maximum absolute atomic E-state index is 13.1. The number of ether oxygens (including phenoxy) is 2. The summed E-state index contributed by atoms with van der Waals surface area (Å²) in [5.41, 5.74) is 0. The van der Waals surface area contributed by atoms with Gasteiger partial charge in [-0.2, -0.15) is 17.6 Å². The molecule has 0 N–H and O–H groups in total. The molecule has 0 radical (unpaired) electrons. The first kappa shape index (κ1) is 11.1. The van der Waals surface area contributed by atoms with Crippen LogP contribution in [0.25, 0.3) is 0 Å². The van der Waals surface area contributed by atoms with Crippen LogP contribution in [0.2, 0.25) is 0 Å². The Morgan fingerprint density at radius 2 is 1.64 bits per heavy atom. The van der Waals surface area contributed by atoms with Crippen molar-refractivity contribution in [2.24, 2.45) is 0 Å². The second-order valence-corrected chi connectivity index (χ2v) is 3.35. The number of carbonyl (C=O) groups excluding carboxylic acids is 1. The lowest BCUT2D eigenvalue weighted by molar-refractivity contribution is -0.242. The third kappa shape index (κ3) is 1.91. The van der Waals surface area contributed by atoms with Crippen molar-refractivity contribution in [2.45, 2.75) is 37.9 Å². The van der Waals surface area contributed by atoms with Gasteiger partial charge < -0.3 is 9.47 Å². The van der Waals surface area contributed by atoms with Gasteiger partial charge >= 0.3 is 17.9 Å². The Hall–Kier alpha value is -1.01. The number of cyclic esters (lactones) is 2. The summed E-state index contributed by atoms with van der Waals surface area (Å²) < 4.78 is 59.4. The first-order chi connectivity index (χ1) is 6.06. The topological polar surface area (TPSA) is 35.5 Å². The molecule has 7 heteroatoms. The zero-order chi connectivity index (χ0) is 11.2. The molecule has 1 aliphatic rings. The van der Waals surface area contributed by atoms with Gasteiger partial charge in [0.2, 0.25) is 0 Å². The van der Waals surface area contributed by atoms with Crippen LogP contribution in [0.3, 0.4) is 0 Å². The summed E-state index contributed by atoms with van der Waals surface area (Å²) in [5.74, 6) is -10.6. The molecule has 3 nitrogen and oxygen atoms in total. The quantitative estimate of drug-likeness (QED) is 0.461. The van der Waals surface area contributed by atoms with E-state index >= 15 is 0 Å². The fraction of sp³-hybridized carbons (Fsp3) is 0.857. The van der Waals surface area contributed by atoms with Crippen LogP contribution < -0.4 is 0 Å². The number of hydrogen-bond acceptors (Lipinski definition) is 3. The van der Waals surface area contributed by atoms with Crippen molar-refractivity contribution in [1.82, 2.24) is 0 Å². The van der Waals surface area contributed by atoms with Crippen LogP contribution in [-0.2, 0) is 9.47 Å². The van der Waals surface area contributed by atoms with E-state index in [-0.39, 0.29) is 0 Å². The van der Waals surface area contributed by atoms with Gasteiger partial charge in [0.1, 0.15) is 0 Å². The van der Waals surface area contributed by atoms with Gasteiger partial charge in [0.05, 0.1) is 6.42 Å². The van der Waals surface area contributed by atoms with Gasteiger partial charge in [0.15, 0.2) is 0 Å². The molecular formula is C7H8F4O3. The Morgan fingerprint density at radius 1 is 1.14 bits per heavy atom. The van der Waals surface area contributed by atoms with Crippen molar-refractivity contribution in [3.63, 3.8) is 0 Å². The third-order valence-electron chi connectivity index (χ3n) is 1.76. The van der Waals surface area contributed by atoms with E-state index in [0.717, 1.165) is 0 Å². The minimum atomic E-state index is -4.14. The lowest BCUT2D eigenvalue weighted by atomic mass is 10.0. The summed E-state index contributed by atoms with van der Waals surface area (Å²) in [7, 11) is 0. The highest BCUT2D eigenvalue weighted by Crippen LogP contribution is 2.43. The number of rotatable bonds is 0. The largest absolute Gasteiger partial charge is 0.513 e. The average Bonchev–Trinajstić information content (AvgIpc) is 1.81. The van der Waals surface area contributed by atoms with Crippen LogP contribution >= 0.6 is 0 Å². The van der Waals surface area contributed by atoms with Crippen LogP contribution in [0.4, 0.5) is 22.4 Å². The summed E-state index contributed by atoms with van der Waals surface area (Å²) in [6.45, 7) is 0.944. The van der Waals surface area contributed by atoms with E-state index in [0.29, 0.717) is 13.8 Å². The van der Waals surface area contributed by atoms with Crippen LogP contribution in [0, 0.1) is 0 Å². The standard InChI is InChI=1S/C7H8F4O3/c1-5(8)3-7(10,11)6(2,9)14-4(12)13-5/h3H2,1-2H3. The minimum absolute atomic E-state index is 0.343. The van der Waals surface area contributed by atoms with E-state index in [9.17, 15) is 22.4 Å². The van der Waals surface area contributed by atoms with Gasteiger partial charge in [-0.1, -0.05) is 0 Å². The van der Waals surface area contributed by atoms with Crippen LogP contribution in [0.5, 0.6) is 0 Å². The first-order valence-corrected chi connectivity index (χ1v) is 3.73. The number of alkyl halides is 4. The Balaban J connectivity index is 3.04. The minimum Gasteiger partial charge on any atom is -0.397 e. The van der Waals surface area contributed by atoms with E-state index in [2.05, 4.69) is 9.47 Å². The van der Waals surface area contributed by atoms with Gasteiger partial charge in [0, 0.05) is 13.8 Å². The smallest absolute Gasteiger partial charge is 0.397 e. The van der Waals surface area contributed by atoms with E-state index in [1.54, 1.807) is 0 Å². The van der Waals surface area contributed by atoms with Crippen LogP contribution in [0.1, 0.15) is 20.3 Å². The summed E-state index contributed by atoms with van der Waals surface area (Å²) >= 11 is 0. The molecule has 0 aromatic rings. The highest BCUT2D eigenvalue weighted by atomic mass is 19.3. The van der Waals surface area contributed by atoms with E-state index in [1.165, 1.54) is 0 Å². The molecule has 0 aliphatic carbocycles. The lowest BCUT2D eigenvalue weighted by Gasteiger charge is -2.26. The Bertz CT molecular complexity index is 262. The molecular weight excluding hydrogens is 208 g/mol. The molecule has 2 unspecified atom stereocenters. The van der Waals surface area contributed by atoms with Gasteiger partial charge in [-0.3, -0.25) is 0 Å². The van der Waals surface area contributed by atoms with Crippen molar-refractivity contribution < 1.29 is 31.8 Å². The Kier molecular flexibility index (Phi) is 2.17. The Morgan fingerprint density at radius 3 is 2.14 bits per heavy atom. The average molecular weight is 216 g/mol.